The van der Waals surface area contributed by atoms with Gasteiger partial charge in [0.25, 0.3) is 0 Å². The van der Waals surface area contributed by atoms with Crippen molar-refractivity contribution in [3.05, 3.63) is 10.6 Å². The van der Waals surface area contributed by atoms with Crippen LogP contribution in [0.4, 0.5) is 5.13 Å². The summed E-state index contributed by atoms with van der Waals surface area (Å²) in [5.41, 5.74) is 1.27. The van der Waals surface area contributed by atoms with E-state index in [-0.39, 0.29) is 0 Å². The third-order valence-corrected chi connectivity index (χ3v) is 4.82. The summed E-state index contributed by atoms with van der Waals surface area (Å²) in [6, 6.07) is 0.500. The maximum absolute atomic E-state index is 5.12. The van der Waals surface area contributed by atoms with Crippen LogP contribution in [0.25, 0.3) is 0 Å². The molecular formula is C16H31N3OS. The first-order valence-corrected chi connectivity index (χ1v) is 8.74. The van der Waals surface area contributed by atoms with Gasteiger partial charge in [-0.05, 0) is 18.8 Å². The van der Waals surface area contributed by atoms with E-state index in [0.717, 1.165) is 37.7 Å². The second-order valence-electron chi connectivity index (χ2n) is 5.92. The Hall–Kier alpha value is -0.650. The van der Waals surface area contributed by atoms with Gasteiger partial charge in [0.15, 0.2) is 5.13 Å². The third kappa shape index (κ3) is 5.93. The summed E-state index contributed by atoms with van der Waals surface area (Å²) in [7, 11) is 3.87. The number of ether oxygens (including phenoxy) is 1. The van der Waals surface area contributed by atoms with Crippen molar-refractivity contribution in [2.24, 2.45) is 0 Å². The summed E-state index contributed by atoms with van der Waals surface area (Å²) in [6.45, 7) is 11.6. The van der Waals surface area contributed by atoms with Crippen molar-refractivity contribution in [3.8, 4) is 0 Å². The van der Waals surface area contributed by atoms with Crippen molar-refractivity contribution >= 4 is 16.5 Å². The fourth-order valence-corrected chi connectivity index (χ4v) is 3.18. The monoisotopic (exact) mass is 313 g/mol. The molecule has 1 aromatic rings. The number of anilines is 1. The van der Waals surface area contributed by atoms with E-state index in [9.17, 15) is 0 Å². The lowest BCUT2D eigenvalue weighted by molar-refractivity contribution is 0.196. The number of aromatic nitrogens is 1. The predicted molar refractivity (Wildman–Crippen MR) is 92.6 cm³/mol. The Labute approximate surface area is 133 Å². The van der Waals surface area contributed by atoms with Crippen LogP contribution in [-0.4, -0.2) is 38.3 Å². The van der Waals surface area contributed by atoms with Crippen LogP contribution in [0.15, 0.2) is 0 Å². The Kier molecular flexibility index (Phi) is 8.22. The van der Waals surface area contributed by atoms with Crippen molar-refractivity contribution in [2.75, 3.05) is 32.2 Å². The van der Waals surface area contributed by atoms with Gasteiger partial charge in [0.05, 0.1) is 5.69 Å². The summed E-state index contributed by atoms with van der Waals surface area (Å²) in [5, 5.41) is 4.64. The van der Waals surface area contributed by atoms with Gasteiger partial charge in [-0.15, -0.1) is 11.3 Å². The summed E-state index contributed by atoms with van der Waals surface area (Å²) in [5.74, 6) is 0.520. The van der Waals surface area contributed by atoms with Crippen molar-refractivity contribution in [1.82, 2.24) is 10.3 Å². The Morgan fingerprint density at radius 1 is 1.33 bits per heavy atom. The second-order valence-corrected chi connectivity index (χ2v) is 6.98. The highest BCUT2D eigenvalue weighted by atomic mass is 32.1. The van der Waals surface area contributed by atoms with Gasteiger partial charge in [-0.25, -0.2) is 4.98 Å². The molecule has 0 spiro atoms. The SMILES string of the molecule is CCC(C)c1nc(N(C)CCCOC)sc1CNC(C)C. The maximum Gasteiger partial charge on any atom is 0.185 e. The van der Waals surface area contributed by atoms with Crippen LogP contribution in [-0.2, 0) is 11.3 Å². The Bertz CT molecular complexity index is 406. The Morgan fingerprint density at radius 2 is 2.05 bits per heavy atom. The smallest absolute Gasteiger partial charge is 0.185 e. The molecule has 0 saturated carbocycles. The molecule has 1 rings (SSSR count). The van der Waals surface area contributed by atoms with E-state index in [1.54, 1.807) is 7.11 Å². The standard InChI is InChI=1S/C16H31N3OS/c1-7-13(4)15-14(11-17-12(2)3)21-16(18-15)19(5)9-8-10-20-6/h12-13,17H,7-11H2,1-6H3. The van der Waals surface area contributed by atoms with Gasteiger partial charge in [-0.3, -0.25) is 0 Å². The van der Waals surface area contributed by atoms with E-state index in [2.05, 4.69) is 45.0 Å². The number of hydrogen-bond donors (Lipinski definition) is 1. The quantitative estimate of drug-likeness (QED) is 0.669. The molecule has 0 aliphatic rings. The summed E-state index contributed by atoms with van der Waals surface area (Å²) >= 11 is 1.82. The molecule has 0 saturated heterocycles. The fraction of sp³-hybridized carbons (Fsp3) is 0.812. The first-order valence-electron chi connectivity index (χ1n) is 7.92. The molecule has 5 heteroatoms. The highest BCUT2D eigenvalue weighted by Gasteiger charge is 2.18. The van der Waals surface area contributed by atoms with Crippen molar-refractivity contribution < 1.29 is 4.74 Å². The van der Waals surface area contributed by atoms with Gasteiger partial charge in [0, 0.05) is 44.8 Å². The zero-order valence-electron chi connectivity index (χ0n) is 14.4. The molecule has 0 aliphatic carbocycles. The van der Waals surface area contributed by atoms with Crippen LogP contribution in [0.2, 0.25) is 0 Å². The molecule has 1 atom stereocenters. The highest BCUT2D eigenvalue weighted by molar-refractivity contribution is 7.15. The molecule has 0 aliphatic heterocycles. The average molecular weight is 314 g/mol. The largest absolute Gasteiger partial charge is 0.385 e. The van der Waals surface area contributed by atoms with E-state index in [0.29, 0.717) is 12.0 Å². The van der Waals surface area contributed by atoms with E-state index in [4.69, 9.17) is 9.72 Å². The molecule has 0 amide bonds. The van der Waals surface area contributed by atoms with E-state index in [1.165, 1.54) is 10.6 Å². The van der Waals surface area contributed by atoms with Crippen LogP contribution in [0.1, 0.15) is 57.0 Å². The van der Waals surface area contributed by atoms with Gasteiger partial charge < -0.3 is 15.0 Å². The third-order valence-electron chi connectivity index (χ3n) is 3.63. The van der Waals surface area contributed by atoms with Gasteiger partial charge in [0.2, 0.25) is 0 Å². The lowest BCUT2D eigenvalue weighted by atomic mass is 10.0. The summed E-state index contributed by atoms with van der Waals surface area (Å²) in [6.07, 6.45) is 2.16. The molecule has 1 heterocycles. The van der Waals surface area contributed by atoms with Crippen LogP contribution < -0.4 is 10.2 Å². The minimum atomic E-state index is 0.500. The van der Waals surface area contributed by atoms with E-state index >= 15 is 0 Å². The minimum Gasteiger partial charge on any atom is -0.385 e. The molecule has 1 unspecified atom stereocenters. The average Bonchev–Trinajstić information content (AvgIpc) is 2.88. The molecular weight excluding hydrogens is 282 g/mol. The first kappa shape index (κ1) is 18.4. The number of methoxy groups -OCH3 is 1. The predicted octanol–water partition coefficient (Wildman–Crippen LogP) is 3.63. The number of rotatable bonds is 10. The van der Waals surface area contributed by atoms with Crippen LogP contribution >= 0.6 is 11.3 Å². The minimum absolute atomic E-state index is 0.500. The fourth-order valence-electron chi connectivity index (χ4n) is 2.06. The molecule has 0 radical (unpaired) electrons. The molecule has 0 bridgehead atoms. The Morgan fingerprint density at radius 3 is 2.62 bits per heavy atom. The first-order chi connectivity index (χ1) is 9.99. The van der Waals surface area contributed by atoms with Gasteiger partial charge in [0.1, 0.15) is 0 Å². The van der Waals surface area contributed by atoms with Gasteiger partial charge in [-0.2, -0.15) is 0 Å². The second kappa shape index (κ2) is 9.38. The molecule has 4 nitrogen and oxygen atoms in total. The Balaban J connectivity index is 2.80. The lowest BCUT2D eigenvalue weighted by Gasteiger charge is -2.15. The van der Waals surface area contributed by atoms with Crippen LogP contribution in [0.3, 0.4) is 0 Å². The lowest BCUT2D eigenvalue weighted by Crippen LogP contribution is -2.22. The normalized spacial score (nSPS) is 12.9. The molecule has 0 aromatic carbocycles. The zero-order chi connectivity index (χ0) is 15.8. The maximum atomic E-state index is 5.12. The highest BCUT2D eigenvalue weighted by Crippen LogP contribution is 2.31. The molecule has 1 N–H and O–H groups in total. The number of nitrogens with one attached hydrogen (secondary N) is 1. The van der Waals surface area contributed by atoms with Crippen molar-refractivity contribution in [3.63, 3.8) is 0 Å². The molecule has 1 aromatic heterocycles. The van der Waals surface area contributed by atoms with Gasteiger partial charge >= 0.3 is 0 Å². The van der Waals surface area contributed by atoms with Crippen LogP contribution in [0, 0.1) is 0 Å². The topological polar surface area (TPSA) is 37.4 Å². The number of thiazole rings is 1. The molecule has 21 heavy (non-hydrogen) atoms. The molecule has 0 fully saturated rings. The van der Waals surface area contributed by atoms with Crippen LogP contribution in [0.5, 0.6) is 0 Å². The molecule has 122 valence electrons. The van der Waals surface area contributed by atoms with E-state index < -0.39 is 0 Å². The summed E-state index contributed by atoms with van der Waals surface area (Å²) in [4.78, 5) is 8.53. The zero-order valence-corrected chi connectivity index (χ0v) is 15.2. The van der Waals surface area contributed by atoms with Crippen molar-refractivity contribution in [1.29, 1.82) is 0 Å². The summed E-state index contributed by atoms with van der Waals surface area (Å²) < 4.78 is 5.12. The number of hydrogen-bond acceptors (Lipinski definition) is 5. The van der Waals surface area contributed by atoms with Crippen molar-refractivity contribution in [2.45, 2.75) is 59.0 Å². The number of nitrogens with zero attached hydrogens (tertiary/aromatic N) is 2. The van der Waals surface area contributed by atoms with Gasteiger partial charge in [-0.1, -0.05) is 27.7 Å². The van der Waals surface area contributed by atoms with E-state index in [1.807, 2.05) is 11.3 Å².